The minimum atomic E-state index is 0.156. The summed E-state index contributed by atoms with van der Waals surface area (Å²) >= 11 is 0. The summed E-state index contributed by atoms with van der Waals surface area (Å²) in [7, 11) is 0. The molecule has 112 valence electrons. The van der Waals surface area contributed by atoms with Crippen LogP contribution < -0.4 is 5.73 Å². The molecule has 0 aromatic rings. The second-order valence-electron chi connectivity index (χ2n) is 7.97. The zero-order chi connectivity index (χ0) is 13.7. The van der Waals surface area contributed by atoms with Crippen molar-refractivity contribution in [1.29, 1.82) is 0 Å². The molecule has 4 rings (SSSR count). The fourth-order valence-corrected chi connectivity index (χ4v) is 5.74. The molecule has 3 nitrogen and oxygen atoms in total. The molecule has 2 bridgehead atoms. The van der Waals surface area contributed by atoms with E-state index in [9.17, 15) is 4.79 Å². The molecule has 1 amide bonds. The average molecular weight is 276 g/mol. The van der Waals surface area contributed by atoms with E-state index in [4.69, 9.17) is 5.73 Å². The van der Waals surface area contributed by atoms with Gasteiger partial charge in [-0.3, -0.25) is 4.79 Å². The van der Waals surface area contributed by atoms with E-state index >= 15 is 0 Å². The van der Waals surface area contributed by atoms with Crippen LogP contribution in [0, 0.1) is 23.2 Å². The number of rotatable bonds is 1. The van der Waals surface area contributed by atoms with E-state index in [-0.39, 0.29) is 12.0 Å². The van der Waals surface area contributed by atoms with Crippen LogP contribution in [0.25, 0.3) is 0 Å². The van der Waals surface area contributed by atoms with Crippen molar-refractivity contribution >= 4 is 5.91 Å². The van der Waals surface area contributed by atoms with E-state index in [0.717, 1.165) is 13.1 Å². The second kappa shape index (κ2) is 4.72. The molecule has 2 N–H and O–H groups in total. The Labute approximate surface area is 122 Å². The van der Waals surface area contributed by atoms with Crippen molar-refractivity contribution < 1.29 is 4.79 Å². The summed E-state index contributed by atoms with van der Waals surface area (Å²) in [4.78, 5) is 15.0. The van der Waals surface area contributed by atoms with Crippen LogP contribution in [0.15, 0.2) is 0 Å². The number of amides is 1. The first-order chi connectivity index (χ1) is 9.69. The van der Waals surface area contributed by atoms with Crippen molar-refractivity contribution in [3.05, 3.63) is 0 Å². The summed E-state index contributed by atoms with van der Waals surface area (Å²) in [6, 6.07) is 0.156. The molecule has 3 saturated carbocycles. The van der Waals surface area contributed by atoms with Crippen molar-refractivity contribution in [3.8, 4) is 0 Å². The maximum atomic E-state index is 12.8. The van der Waals surface area contributed by atoms with Crippen LogP contribution in [-0.2, 0) is 4.79 Å². The lowest BCUT2D eigenvalue weighted by Gasteiger charge is -2.41. The van der Waals surface area contributed by atoms with Crippen molar-refractivity contribution in [2.24, 2.45) is 28.9 Å². The Morgan fingerprint density at radius 1 is 1.00 bits per heavy atom. The summed E-state index contributed by atoms with van der Waals surface area (Å²) in [6.07, 6.45) is 11.8. The molecule has 4 aliphatic rings. The van der Waals surface area contributed by atoms with Crippen LogP contribution in [0.2, 0.25) is 0 Å². The Hall–Kier alpha value is -0.570. The Bertz CT molecular complexity index is 390. The van der Waals surface area contributed by atoms with Gasteiger partial charge in [-0.25, -0.2) is 0 Å². The van der Waals surface area contributed by atoms with E-state index in [1.807, 2.05) is 0 Å². The molecular weight excluding hydrogens is 248 g/mol. The predicted molar refractivity (Wildman–Crippen MR) is 79.0 cm³/mol. The van der Waals surface area contributed by atoms with Crippen LogP contribution in [0.4, 0.5) is 0 Å². The van der Waals surface area contributed by atoms with Crippen molar-refractivity contribution in [2.75, 3.05) is 13.1 Å². The first-order valence-electron chi connectivity index (χ1n) is 8.73. The standard InChI is InChI=1S/C17H28N2O/c18-15-13-4-3-12(11-13)14(15)16(20)19-9-7-17(8-10-19)5-1-2-6-17/h12-15H,1-11,18H2. The van der Waals surface area contributed by atoms with Crippen molar-refractivity contribution in [3.63, 3.8) is 0 Å². The molecule has 3 heteroatoms. The summed E-state index contributed by atoms with van der Waals surface area (Å²) in [6.45, 7) is 2.00. The summed E-state index contributed by atoms with van der Waals surface area (Å²) in [5.41, 5.74) is 6.94. The van der Waals surface area contributed by atoms with Crippen LogP contribution in [0.5, 0.6) is 0 Å². The number of hydrogen-bond acceptors (Lipinski definition) is 2. The lowest BCUT2D eigenvalue weighted by Crippen LogP contribution is -2.50. The zero-order valence-corrected chi connectivity index (χ0v) is 12.5. The minimum Gasteiger partial charge on any atom is -0.342 e. The smallest absolute Gasteiger partial charge is 0.227 e. The monoisotopic (exact) mass is 276 g/mol. The van der Waals surface area contributed by atoms with Gasteiger partial charge in [0.25, 0.3) is 0 Å². The summed E-state index contributed by atoms with van der Waals surface area (Å²) in [5, 5.41) is 0. The second-order valence-corrected chi connectivity index (χ2v) is 7.97. The van der Waals surface area contributed by atoms with E-state index in [0.29, 0.717) is 23.2 Å². The maximum Gasteiger partial charge on any atom is 0.227 e. The largest absolute Gasteiger partial charge is 0.342 e. The maximum absolute atomic E-state index is 12.8. The van der Waals surface area contributed by atoms with Crippen LogP contribution in [0.3, 0.4) is 0 Å². The van der Waals surface area contributed by atoms with Gasteiger partial charge >= 0.3 is 0 Å². The number of likely N-dealkylation sites (tertiary alicyclic amines) is 1. The Kier molecular flexibility index (Phi) is 3.10. The topological polar surface area (TPSA) is 46.3 Å². The molecule has 0 aromatic carbocycles. The molecular formula is C17H28N2O. The third kappa shape index (κ3) is 1.93. The molecule has 4 atom stereocenters. The normalized spacial score (nSPS) is 42.5. The molecule has 3 aliphatic carbocycles. The van der Waals surface area contributed by atoms with Crippen LogP contribution in [0.1, 0.15) is 57.8 Å². The molecule has 20 heavy (non-hydrogen) atoms. The van der Waals surface area contributed by atoms with Crippen LogP contribution in [-0.4, -0.2) is 29.9 Å². The van der Waals surface area contributed by atoms with Crippen LogP contribution >= 0.6 is 0 Å². The minimum absolute atomic E-state index is 0.156. The molecule has 0 aromatic heterocycles. The highest BCUT2D eigenvalue weighted by Gasteiger charge is 2.50. The van der Waals surface area contributed by atoms with E-state index in [1.54, 1.807) is 0 Å². The number of carbonyl (C=O) groups is 1. The number of nitrogens with two attached hydrogens (primary N) is 1. The number of fused-ring (bicyclic) bond motifs is 2. The van der Waals surface area contributed by atoms with E-state index in [1.165, 1.54) is 57.8 Å². The predicted octanol–water partition coefficient (Wildman–Crippen LogP) is 2.54. The lowest BCUT2D eigenvalue weighted by atomic mass is 9.76. The first kappa shape index (κ1) is 13.1. The first-order valence-corrected chi connectivity index (χ1v) is 8.73. The zero-order valence-electron chi connectivity index (χ0n) is 12.5. The number of piperidine rings is 1. The molecule has 1 spiro atoms. The highest BCUT2D eigenvalue weighted by atomic mass is 16.2. The van der Waals surface area contributed by atoms with Gasteiger partial charge in [-0.15, -0.1) is 0 Å². The molecule has 4 fully saturated rings. The van der Waals surface area contributed by atoms with Gasteiger partial charge < -0.3 is 10.6 Å². The highest BCUT2D eigenvalue weighted by molar-refractivity contribution is 5.80. The van der Waals surface area contributed by atoms with E-state index in [2.05, 4.69) is 4.90 Å². The quantitative estimate of drug-likeness (QED) is 0.800. The van der Waals surface area contributed by atoms with Gasteiger partial charge in [0.15, 0.2) is 0 Å². The fraction of sp³-hybridized carbons (Fsp3) is 0.941. The number of carbonyl (C=O) groups excluding carboxylic acids is 1. The molecule has 1 heterocycles. The third-order valence-corrected chi connectivity index (χ3v) is 7.07. The summed E-state index contributed by atoms with van der Waals surface area (Å²) < 4.78 is 0. The van der Waals surface area contributed by atoms with Gasteiger partial charge in [0.1, 0.15) is 0 Å². The van der Waals surface area contributed by atoms with Gasteiger partial charge in [0.05, 0.1) is 5.92 Å². The molecule has 4 unspecified atom stereocenters. The summed E-state index contributed by atoms with van der Waals surface area (Å²) in [5.74, 6) is 1.80. The third-order valence-electron chi connectivity index (χ3n) is 7.07. The number of nitrogens with zero attached hydrogens (tertiary/aromatic N) is 1. The molecule has 0 radical (unpaired) electrons. The van der Waals surface area contributed by atoms with Crippen molar-refractivity contribution in [2.45, 2.75) is 63.8 Å². The Balaban J connectivity index is 1.40. The fourth-order valence-electron chi connectivity index (χ4n) is 5.74. The lowest BCUT2D eigenvalue weighted by molar-refractivity contribution is -0.140. The van der Waals surface area contributed by atoms with Crippen molar-refractivity contribution in [1.82, 2.24) is 4.90 Å². The highest BCUT2D eigenvalue weighted by Crippen LogP contribution is 2.50. The van der Waals surface area contributed by atoms with Gasteiger partial charge in [-0.1, -0.05) is 12.8 Å². The SMILES string of the molecule is NC1C2CCC(C2)C1C(=O)N1CCC2(CCCC2)CC1. The van der Waals surface area contributed by atoms with Gasteiger partial charge in [0, 0.05) is 19.1 Å². The Morgan fingerprint density at radius 2 is 1.65 bits per heavy atom. The van der Waals surface area contributed by atoms with E-state index < -0.39 is 0 Å². The van der Waals surface area contributed by atoms with Gasteiger partial charge in [0.2, 0.25) is 5.91 Å². The molecule has 1 aliphatic heterocycles. The Morgan fingerprint density at radius 3 is 2.25 bits per heavy atom. The number of hydrogen-bond donors (Lipinski definition) is 1. The van der Waals surface area contributed by atoms with Gasteiger partial charge in [-0.05, 0) is 62.2 Å². The average Bonchev–Trinajstić information content (AvgIpc) is 3.15. The molecule has 1 saturated heterocycles. The van der Waals surface area contributed by atoms with Gasteiger partial charge in [-0.2, -0.15) is 0 Å².